The van der Waals surface area contributed by atoms with Crippen LogP contribution in [0.4, 0.5) is 0 Å². The van der Waals surface area contributed by atoms with Gasteiger partial charge in [0, 0.05) is 22.9 Å². The van der Waals surface area contributed by atoms with Gasteiger partial charge in [0.2, 0.25) is 10.0 Å². The number of rotatable bonds is 7. The van der Waals surface area contributed by atoms with Gasteiger partial charge in [-0.2, -0.15) is 0 Å². The Morgan fingerprint density at radius 2 is 2.24 bits per heavy atom. The van der Waals surface area contributed by atoms with Gasteiger partial charge in [0.1, 0.15) is 0 Å². The molecule has 0 bridgehead atoms. The van der Waals surface area contributed by atoms with Gasteiger partial charge in [-0.3, -0.25) is 0 Å². The van der Waals surface area contributed by atoms with Crippen LogP contribution in [-0.4, -0.2) is 33.3 Å². The summed E-state index contributed by atoms with van der Waals surface area (Å²) >= 11 is 1.28. The number of aryl methyl sites for hydroxylation is 1. The van der Waals surface area contributed by atoms with Crippen molar-refractivity contribution < 1.29 is 18.3 Å². The van der Waals surface area contributed by atoms with Crippen LogP contribution in [0.5, 0.6) is 0 Å². The molecular weight excluding hydrogens is 262 g/mol. The first-order chi connectivity index (χ1) is 8.01. The lowest BCUT2D eigenvalue weighted by Crippen LogP contribution is -2.27. The predicted molar refractivity (Wildman–Crippen MR) is 66.7 cm³/mol. The molecule has 0 spiro atoms. The lowest BCUT2D eigenvalue weighted by Gasteiger charge is -2.05. The molecule has 0 atom stereocenters. The third kappa shape index (κ3) is 4.04. The highest BCUT2D eigenvalue weighted by Gasteiger charge is 2.19. The van der Waals surface area contributed by atoms with Crippen LogP contribution in [0.15, 0.2) is 11.0 Å². The fourth-order valence-corrected chi connectivity index (χ4v) is 3.85. The van der Waals surface area contributed by atoms with E-state index in [-0.39, 0.29) is 18.0 Å². The van der Waals surface area contributed by atoms with Crippen LogP contribution in [0.3, 0.4) is 0 Å². The van der Waals surface area contributed by atoms with Crippen LogP contribution in [0.2, 0.25) is 0 Å². The van der Waals surface area contributed by atoms with Gasteiger partial charge in [0.25, 0.3) is 0 Å². The number of aliphatic hydroxyl groups excluding tert-OH is 1. The van der Waals surface area contributed by atoms with Gasteiger partial charge in [0.05, 0.1) is 18.1 Å². The van der Waals surface area contributed by atoms with Crippen molar-refractivity contribution in [3.63, 3.8) is 0 Å². The number of nitrogens with one attached hydrogen (secondary N) is 1. The van der Waals surface area contributed by atoms with E-state index < -0.39 is 10.0 Å². The van der Waals surface area contributed by atoms with E-state index in [0.717, 1.165) is 0 Å². The standard InChI is InChI=1S/C10H17NO4S2/c1-3-15-5-4-11-17(13,14)10-6-9(7-12)16-8(10)2/h6,11-12H,3-5,7H2,1-2H3. The first kappa shape index (κ1) is 14.6. The Labute approximate surface area is 105 Å². The van der Waals surface area contributed by atoms with Gasteiger partial charge in [-0.05, 0) is 19.9 Å². The first-order valence-corrected chi connectivity index (χ1v) is 7.58. The number of aliphatic hydroxyl groups is 1. The molecule has 7 heteroatoms. The Kier molecular flexibility index (Phi) is 5.54. The van der Waals surface area contributed by atoms with Crippen LogP contribution >= 0.6 is 11.3 Å². The Morgan fingerprint density at radius 3 is 2.76 bits per heavy atom. The van der Waals surface area contributed by atoms with E-state index in [1.165, 1.54) is 17.4 Å². The van der Waals surface area contributed by atoms with Crippen LogP contribution in [-0.2, 0) is 21.4 Å². The average Bonchev–Trinajstić information content (AvgIpc) is 2.67. The van der Waals surface area contributed by atoms with Crippen molar-refractivity contribution in [2.75, 3.05) is 19.8 Å². The molecule has 5 nitrogen and oxygen atoms in total. The highest BCUT2D eigenvalue weighted by Crippen LogP contribution is 2.25. The van der Waals surface area contributed by atoms with Crippen molar-refractivity contribution in [1.29, 1.82) is 0 Å². The van der Waals surface area contributed by atoms with Crippen molar-refractivity contribution >= 4 is 21.4 Å². The zero-order chi connectivity index (χ0) is 12.9. The number of hydrogen-bond acceptors (Lipinski definition) is 5. The third-order valence-corrected chi connectivity index (χ3v) is 4.86. The summed E-state index contributed by atoms with van der Waals surface area (Å²) in [5, 5.41) is 8.96. The van der Waals surface area contributed by atoms with Crippen molar-refractivity contribution in [3.05, 3.63) is 15.8 Å². The van der Waals surface area contributed by atoms with E-state index in [9.17, 15) is 8.42 Å². The smallest absolute Gasteiger partial charge is 0.241 e. The maximum Gasteiger partial charge on any atom is 0.241 e. The van der Waals surface area contributed by atoms with Gasteiger partial charge in [0.15, 0.2) is 0 Å². The van der Waals surface area contributed by atoms with Crippen molar-refractivity contribution in [2.45, 2.75) is 25.3 Å². The maximum absolute atomic E-state index is 11.9. The van der Waals surface area contributed by atoms with Gasteiger partial charge in [-0.1, -0.05) is 0 Å². The summed E-state index contributed by atoms with van der Waals surface area (Å²) in [7, 11) is -3.49. The van der Waals surface area contributed by atoms with Gasteiger partial charge in [-0.15, -0.1) is 11.3 Å². The fraction of sp³-hybridized carbons (Fsp3) is 0.600. The number of ether oxygens (including phenoxy) is 1. The Bertz CT molecular complexity index is 453. The topological polar surface area (TPSA) is 75.6 Å². The summed E-state index contributed by atoms with van der Waals surface area (Å²) in [5.41, 5.74) is 0. The molecular formula is C10H17NO4S2. The molecule has 2 N–H and O–H groups in total. The number of hydrogen-bond donors (Lipinski definition) is 2. The normalized spacial score (nSPS) is 11.9. The summed E-state index contributed by atoms with van der Waals surface area (Å²) < 4.78 is 31.3. The number of sulfonamides is 1. The second-order valence-electron chi connectivity index (χ2n) is 3.39. The molecule has 0 saturated heterocycles. The highest BCUT2D eigenvalue weighted by atomic mass is 32.2. The highest BCUT2D eigenvalue weighted by molar-refractivity contribution is 7.89. The second kappa shape index (κ2) is 6.46. The molecule has 0 unspecified atom stereocenters. The van der Waals surface area contributed by atoms with E-state index in [1.807, 2.05) is 6.92 Å². The first-order valence-electron chi connectivity index (χ1n) is 5.28. The minimum Gasteiger partial charge on any atom is -0.391 e. The molecule has 17 heavy (non-hydrogen) atoms. The van der Waals surface area contributed by atoms with Crippen LogP contribution < -0.4 is 4.72 Å². The van der Waals surface area contributed by atoms with E-state index in [0.29, 0.717) is 23.0 Å². The van der Waals surface area contributed by atoms with E-state index in [1.54, 1.807) is 6.92 Å². The third-order valence-electron chi connectivity index (χ3n) is 2.11. The van der Waals surface area contributed by atoms with Crippen molar-refractivity contribution in [2.24, 2.45) is 0 Å². The predicted octanol–water partition coefficient (Wildman–Crippen LogP) is 0.864. The molecule has 0 amide bonds. The molecule has 1 aromatic rings. The fourth-order valence-electron chi connectivity index (χ4n) is 1.34. The van der Waals surface area contributed by atoms with Crippen molar-refractivity contribution in [3.8, 4) is 0 Å². The van der Waals surface area contributed by atoms with Crippen LogP contribution in [0.1, 0.15) is 16.7 Å². The van der Waals surface area contributed by atoms with Gasteiger partial charge >= 0.3 is 0 Å². The maximum atomic E-state index is 11.9. The molecule has 0 aliphatic carbocycles. The van der Waals surface area contributed by atoms with Gasteiger partial charge < -0.3 is 9.84 Å². The summed E-state index contributed by atoms with van der Waals surface area (Å²) in [6, 6.07) is 1.50. The average molecular weight is 279 g/mol. The molecule has 0 radical (unpaired) electrons. The Hall–Kier alpha value is -0.470. The Balaban J connectivity index is 2.72. The van der Waals surface area contributed by atoms with E-state index in [4.69, 9.17) is 9.84 Å². The molecule has 0 fully saturated rings. The molecule has 1 aromatic heterocycles. The molecule has 0 saturated carbocycles. The van der Waals surface area contributed by atoms with Crippen LogP contribution in [0, 0.1) is 6.92 Å². The second-order valence-corrected chi connectivity index (χ2v) is 6.46. The summed E-state index contributed by atoms with van der Waals surface area (Å²) in [5.74, 6) is 0. The lowest BCUT2D eigenvalue weighted by molar-refractivity contribution is 0.153. The van der Waals surface area contributed by atoms with E-state index in [2.05, 4.69) is 4.72 Å². The molecule has 0 aliphatic rings. The summed E-state index contributed by atoms with van der Waals surface area (Å²) in [4.78, 5) is 1.56. The van der Waals surface area contributed by atoms with Crippen molar-refractivity contribution in [1.82, 2.24) is 4.72 Å². The molecule has 0 aliphatic heterocycles. The quantitative estimate of drug-likeness (QED) is 0.726. The van der Waals surface area contributed by atoms with E-state index >= 15 is 0 Å². The zero-order valence-electron chi connectivity index (χ0n) is 9.89. The Morgan fingerprint density at radius 1 is 1.53 bits per heavy atom. The summed E-state index contributed by atoms with van der Waals surface area (Å²) in [6.07, 6.45) is 0. The number of thiophene rings is 1. The summed E-state index contributed by atoms with van der Waals surface area (Å²) in [6.45, 7) is 4.60. The monoisotopic (exact) mass is 279 g/mol. The minimum atomic E-state index is -3.49. The van der Waals surface area contributed by atoms with Crippen LogP contribution in [0.25, 0.3) is 0 Å². The molecule has 1 rings (SSSR count). The zero-order valence-corrected chi connectivity index (χ0v) is 11.5. The largest absolute Gasteiger partial charge is 0.391 e. The molecule has 98 valence electrons. The SMILES string of the molecule is CCOCCNS(=O)(=O)c1cc(CO)sc1C. The minimum absolute atomic E-state index is 0.139. The van der Waals surface area contributed by atoms with Gasteiger partial charge in [-0.25, -0.2) is 13.1 Å². The molecule has 0 aromatic carbocycles. The lowest BCUT2D eigenvalue weighted by atomic mass is 10.4. The molecule has 1 heterocycles.